The normalized spacial score (nSPS) is 28.7. The highest BCUT2D eigenvalue weighted by Crippen LogP contribution is 2.43. The molecule has 0 spiro atoms. The number of amides is 1. The van der Waals surface area contributed by atoms with Crippen LogP contribution in [0.2, 0.25) is 0 Å². The van der Waals surface area contributed by atoms with E-state index in [0.29, 0.717) is 12.5 Å². The summed E-state index contributed by atoms with van der Waals surface area (Å²) in [4.78, 5) is 29.9. The van der Waals surface area contributed by atoms with Crippen molar-refractivity contribution in [2.75, 3.05) is 13.1 Å². The van der Waals surface area contributed by atoms with Gasteiger partial charge in [-0.05, 0) is 81.2 Å². The Labute approximate surface area is 251 Å². The summed E-state index contributed by atoms with van der Waals surface area (Å²) >= 11 is 0. The second-order valence-corrected chi connectivity index (χ2v) is 13.2. The largest absolute Gasteiger partial charge is 0.461 e. The van der Waals surface area contributed by atoms with E-state index in [1.165, 1.54) is 44.9 Å². The van der Waals surface area contributed by atoms with Crippen LogP contribution < -0.4 is 5.32 Å². The van der Waals surface area contributed by atoms with Crippen LogP contribution in [0.5, 0.6) is 0 Å². The van der Waals surface area contributed by atoms with Crippen molar-refractivity contribution in [3.05, 3.63) is 35.9 Å². The standard InChI is InChI=1S/C36H60N2O3/c1-6-10-16-22-36(21-7-2)23-24-38(34(39)28(5)37-26-29(8-3)25-36)33-20-15-14-19-32(33)31(9-4)35(40)41-27-30-17-12-11-13-18-30/h11-13,17-18,28-29,31-33,37H,6-10,14-16,19-27H2,1-5H3/t28-,29?,31-,32-,33-,36?/m1/s1. The van der Waals surface area contributed by atoms with Crippen molar-refractivity contribution in [2.45, 2.75) is 143 Å². The molecule has 5 nitrogen and oxygen atoms in total. The molecule has 1 heterocycles. The summed E-state index contributed by atoms with van der Waals surface area (Å²) in [6.45, 7) is 13.1. The fraction of sp³-hybridized carbons (Fsp3) is 0.778. The van der Waals surface area contributed by atoms with E-state index in [1.807, 2.05) is 37.3 Å². The van der Waals surface area contributed by atoms with Crippen molar-refractivity contribution >= 4 is 11.9 Å². The highest BCUT2D eigenvalue weighted by Gasteiger charge is 2.42. The molecular weight excluding hydrogens is 508 g/mol. The first-order chi connectivity index (χ1) is 19.9. The molecule has 1 amide bonds. The first-order valence-electron chi connectivity index (χ1n) is 17.1. The van der Waals surface area contributed by atoms with Gasteiger partial charge in [0.25, 0.3) is 0 Å². The minimum absolute atomic E-state index is 0.0985. The van der Waals surface area contributed by atoms with Gasteiger partial charge in [0.2, 0.25) is 5.91 Å². The van der Waals surface area contributed by atoms with Crippen LogP contribution in [0.4, 0.5) is 0 Å². The Balaban J connectivity index is 1.85. The van der Waals surface area contributed by atoms with Gasteiger partial charge in [-0.3, -0.25) is 9.59 Å². The van der Waals surface area contributed by atoms with Crippen molar-refractivity contribution in [1.82, 2.24) is 10.2 Å². The number of esters is 1. The summed E-state index contributed by atoms with van der Waals surface area (Å²) in [5.41, 5.74) is 1.30. The maximum absolute atomic E-state index is 14.2. The van der Waals surface area contributed by atoms with Gasteiger partial charge in [-0.2, -0.15) is 0 Å². The van der Waals surface area contributed by atoms with E-state index in [4.69, 9.17) is 4.74 Å². The maximum atomic E-state index is 14.2. The number of hydrogen-bond donors (Lipinski definition) is 1. The molecule has 0 bridgehead atoms. The number of carbonyl (C=O) groups is 2. The molecule has 1 aliphatic heterocycles. The van der Waals surface area contributed by atoms with E-state index < -0.39 is 0 Å². The van der Waals surface area contributed by atoms with Gasteiger partial charge in [-0.1, -0.05) is 103 Å². The zero-order valence-electron chi connectivity index (χ0n) is 27.0. The lowest BCUT2D eigenvalue weighted by atomic mass is 9.69. The predicted molar refractivity (Wildman–Crippen MR) is 169 cm³/mol. The molecule has 0 aromatic heterocycles. The first kappa shape index (κ1) is 33.6. The molecule has 1 aliphatic carbocycles. The minimum atomic E-state index is -0.199. The Hall–Kier alpha value is -1.88. The predicted octanol–water partition coefficient (Wildman–Crippen LogP) is 8.31. The molecule has 1 saturated carbocycles. The van der Waals surface area contributed by atoms with E-state index >= 15 is 0 Å². The van der Waals surface area contributed by atoms with Gasteiger partial charge in [0.1, 0.15) is 6.61 Å². The van der Waals surface area contributed by atoms with Gasteiger partial charge >= 0.3 is 5.97 Å². The Morgan fingerprint density at radius 1 is 1.05 bits per heavy atom. The minimum Gasteiger partial charge on any atom is -0.461 e. The summed E-state index contributed by atoms with van der Waals surface area (Å²) < 4.78 is 5.89. The summed E-state index contributed by atoms with van der Waals surface area (Å²) in [5.74, 6) is 0.713. The number of carbonyl (C=O) groups excluding carboxylic acids is 2. The van der Waals surface area contributed by atoms with E-state index in [2.05, 4.69) is 37.9 Å². The average Bonchev–Trinajstić information content (AvgIpc) is 2.99. The lowest BCUT2D eigenvalue weighted by Gasteiger charge is -2.46. The van der Waals surface area contributed by atoms with Crippen LogP contribution in [0, 0.1) is 23.2 Å². The smallest absolute Gasteiger partial charge is 0.309 e. The molecule has 0 radical (unpaired) electrons. The Morgan fingerprint density at radius 3 is 2.49 bits per heavy atom. The molecule has 2 fully saturated rings. The highest BCUT2D eigenvalue weighted by atomic mass is 16.5. The Morgan fingerprint density at radius 2 is 1.80 bits per heavy atom. The fourth-order valence-electron chi connectivity index (χ4n) is 7.89. The van der Waals surface area contributed by atoms with Crippen LogP contribution >= 0.6 is 0 Å². The lowest BCUT2D eigenvalue weighted by Crippen LogP contribution is -2.56. The van der Waals surface area contributed by atoms with Crippen LogP contribution in [0.15, 0.2) is 30.3 Å². The molecular formula is C36H60N2O3. The van der Waals surface area contributed by atoms with Gasteiger partial charge in [0.15, 0.2) is 0 Å². The summed E-state index contributed by atoms with van der Waals surface area (Å²) in [6, 6.07) is 9.85. The number of hydrogen-bond acceptors (Lipinski definition) is 4. The monoisotopic (exact) mass is 568 g/mol. The van der Waals surface area contributed by atoms with Gasteiger partial charge in [-0.15, -0.1) is 0 Å². The number of ether oxygens (including phenoxy) is 1. The van der Waals surface area contributed by atoms with E-state index in [1.54, 1.807) is 0 Å². The number of rotatable bonds is 13. The molecule has 232 valence electrons. The summed E-state index contributed by atoms with van der Waals surface area (Å²) in [5, 5.41) is 3.66. The average molecular weight is 569 g/mol. The molecule has 1 aromatic rings. The zero-order valence-corrected chi connectivity index (χ0v) is 27.0. The lowest BCUT2D eigenvalue weighted by molar-refractivity contribution is -0.156. The molecule has 2 aliphatic rings. The molecule has 1 aromatic carbocycles. The highest BCUT2D eigenvalue weighted by molar-refractivity contribution is 5.82. The van der Waals surface area contributed by atoms with Crippen LogP contribution in [-0.2, 0) is 20.9 Å². The molecule has 6 atom stereocenters. The van der Waals surface area contributed by atoms with Crippen LogP contribution in [0.1, 0.15) is 130 Å². The van der Waals surface area contributed by atoms with Gasteiger partial charge < -0.3 is 15.0 Å². The summed E-state index contributed by atoms with van der Waals surface area (Å²) in [7, 11) is 0. The SMILES string of the molecule is CCCCCC1(CCC)CCN([C@@H]2CCCC[C@@H]2[C@@H](CC)C(=O)OCc2ccccc2)C(=O)[C@@H](C)NCC(CC)C1. The third-order valence-corrected chi connectivity index (χ3v) is 10.3. The quantitative estimate of drug-likeness (QED) is 0.192. The molecule has 41 heavy (non-hydrogen) atoms. The van der Waals surface area contributed by atoms with E-state index in [9.17, 15) is 9.59 Å². The number of unbranched alkanes of at least 4 members (excludes halogenated alkanes) is 2. The zero-order chi connectivity index (χ0) is 29.7. The Kier molecular flexibility index (Phi) is 14.2. The number of nitrogens with one attached hydrogen (secondary N) is 1. The molecule has 5 heteroatoms. The Bertz CT molecular complexity index is 905. The topological polar surface area (TPSA) is 58.6 Å². The number of benzene rings is 1. The number of nitrogens with zero attached hydrogens (tertiary/aromatic N) is 1. The second kappa shape index (κ2) is 17.3. The molecule has 2 unspecified atom stereocenters. The van der Waals surface area contributed by atoms with Crippen molar-refractivity contribution < 1.29 is 14.3 Å². The fourth-order valence-corrected chi connectivity index (χ4v) is 7.89. The van der Waals surface area contributed by atoms with Gasteiger partial charge in [-0.25, -0.2) is 0 Å². The van der Waals surface area contributed by atoms with Crippen molar-refractivity contribution in [2.24, 2.45) is 23.2 Å². The molecule has 3 rings (SSSR count). The van der Waals surface area contributed by atoms with Crippen molar-refractivity contribution in [1.29, 1.82) is 0 Å². The third-order valence-electron chi connectivity index (χ3n) is 10.3. The van der Waals surface area contributed by atoms with E-state index in [0.717, 1.165) is 63.6 Å². The molecule has 1 N–H and O–H groups in total. The second-order valence-electron chi connectivity index (χ2n) is 13.2. The van der Waals surface area contributed by atoms with Crippen molar-refractivity contribution in [3.8, 4) is 0 Å². The van der Waals surface area contributed by atoms with Gasteiger partial charge in [0.05, 0.1) is 12.0 Å². The van der Waals surface area contributed by atoms with Crippen LogP contribution in [0.3, 0.4) is 0 Å². The van der Waals surface area contributed by atoms with Crippen molar-refractivity contribution in [3.63, 3.8) is 0 Å². The maximum Gasteiger partial charge on any atom is 0.309 e. The molecule has 1 saturated heterocycles. The van der Waals surface area contributed by atoms with E-state index in [-0.39, 0.29) is 41.2 Å². The van der Waals surface area contributed by atoms with Gasteiger partial charge in [0, 0.05) is 12.6 Å². The third kappa shape index (κ3) is 9.56. The van der Waals surface area contributed by atoms with Crippen LogP contribution in [-0.4, -0.2) is 41.9 Å². The summed E-state index contributed by atoms with van der Waals surface area (Å²) in [6.07, 6.45) is 16.0. The van der Waals surface area contributed by atoms with Crippen LogP contribution in [0.25, 0.3) is 0 Å². The first-order valence-corrected chi connectivity index (χ1v) is 17.1.